The Morgan fingerprint density at radius 2 is 2.31 bits per heavy atom. The van der Waals surface area contributed by atoms with Gasteiger partial charge in [-0.3, -0.25) is 0 Å². The Morgan fingerprint density at radius 3 is 2.94 bits per heavy atom. The molecule has 0 radical (unpaired) electrons. The lowest BCUT2D eigenvalue weighted by Crippen LogP contribution is -2.27. The van der Waals surface area contributed by atoms with Gasteiger partial charge >= 0.3 is 5.97 Å². The Labute approximate surface area is 98.7 Å². The van der Waals surface area contributed by atoms with E-state index in [4.69, 9.17) is 5.11 Å². The first-order valence-electron chi connectivity index (χ1n) is 5.64. The van der Waals surface area contributed by atoms with Gasteiger partial charge in [-0.25, -0.2) is 9.78 Å². The molecule has 2 N–H and O–H groups in total. The molecule has 1 aromatic heterocycles. The summed E-state index contributed by atoms with van der Waals surface area (Å²) >= 11 is 1.30. The van der Waals surface area contributed by atoms with E-state index < -0.39 is 5.97 Å². The second-order valence-electron chi connectivity index (χ2n) is 4.16. The van der Waals surface area contributed by atoms with Crippen LogP contribution in [0.2, 0.25) is 0 Å². The van der Waals surface area contributed by atoms with Crippen molar-refractivity contribution in [3.8, 4) is 0 Å². The van der Waals surface area contributed by atoms with Gasteiger partial charge in [0.1, 0.15) is 4.88 Å². The van der Waals surface area contributed by atoms with E-state index in [1.165, 1.54) is 30.4 Å². The number of hydrogen-bond acceptors (Lipinski definition) is 4. The van der Waals surface area contributed by atoms with Crippen molar-refractivity contribution in [3.63, 3.8) is 0 Å². The van der Waals surface area contributed by atoms with Crippen LogP contribution in [0.4, 0.5) is 0 Å². The van der Waals surface area contributed by atoms with Gasteiger partial charge in [0.25, 0.3) is 0 Å². The molecular weight excluding hydrogens is 224 g/mol. The van der Waals surface area contributed by atoms with E-state index in [-0.39, 0.29) is 0 Å². The summed E-state index contributed by atoms with van der Waals surface area (Å²) in [4.78, 5) is 15.2. The molecule has 0 bridgehead atoms. The van der Waals surface area contributed by atoms with Gasteiger partial charge in [-0.05, 0) is 44.7 Å². The van der Waals surface area contributed by atoms with Crippen LogP contribution >= 0.6 is 11.3 Å². The van der Waals surface area contributed by atoms with Crippen LogP contribution in [0.15, 0.2) is 6.20 Å². The van der Waals surface area contributed by atoms with Crippen molar-refractivity contribution in [3.05, 3.63) is 16.1 Å². The summed E-state index contributed by atoms with van der Waals surface area (Å²) in [6.45, 7) is 2.23. The molecule has 1 aliphatic rings. The molecule has 16 heavy (non-hydrogen) atoms. The van der Waals surface area contributed by atoms with Gasteiger partial charge in [-0.2, -0.15) is 0 Å². The molecule has 2 rings (SSSR count). The first-order valence-corrected chi connectivity index (χ1v) is 6.46. The highest BCUT2D eigenvalue weighted by Crippen LogP contribution is 2.21. The Balaban J connectivity index is 1.81. The summed E-state index contributed by atoms with van der Waals surface area (Å²) in [5.74, 6) is -0.0935. The van der Waals surface area contributed by atoms with Crippen molar-refractivity contribution in [2.75, 3.05) is 13.1 Å². The normalized spacial score (nSPS) is 17.5. The molecule has 2 heterocycles. The van der Waals surface area contributed by atoms with Gasteiger partial charge in [0, 0.05) is 0 Å². The van der Waals surface area contributed by atoms with Crippen molar-refractivity contribution in [1.82, 2.24) is 10.3 Å². The Morgan fingerprint density at radius 1 is 1.56 bits per heavy atom. The maximum Gasteiger partial charge on any atom is 0.347 e. The minimum absolute atomic E-state index is 0.348. The number of piperidine rings is 1. The highest BCUT2D eigenvalue weighted by atomic mass is 32.1. The van der Waals surface area contributed by atoms with E-state index in [0.29, 0.717) is 4.88 Å². The minimum atomic E-state index is -0.870. The maximum atomic E-state index is 10.7. The first-order chi connectivity index (χ1) is 7.75. The van der Waals surface area contributed by atoms with Crippen LogP contribution in [0.25, 0.3) is 0 Å². The van der Waals surface area contributed by atoms with Crippen LogP contribution in [0, 0.1) is 5.92 Å². The summed E-state index contributed by atoms with van der Waals surface area (Å²) in [5.41, 5.74) is 0. The van der Waals surface area contributed by atoms with Crippen LogP contribution in [0.1, 0.15) is 33.9 Å². The number of carboxylic acid groups (broad SMARTS) is 1. The SMILES string of the molecule is O=C(O)c1cnc(CCC2CCNCC2)s1. The zero-order chi connectivity index (χ0) is 11.4. The highest BCUT2D eigenvalue weighted by Gasteiger charge is 2.14. The lowest BCUT2D eigenvalue weighted by atomic mass is 9.93. The highest BCUT2D eigenvalue weighted by molar-refractivity contribution is 7.13. The van der Waals surface area contributed by atoms with E-state index in [1.54, 1.807) is 0 Å². The van der Waals surface area contributed by atoms with Gasteiger partial charge in [0.15, 0.2) is 0 Å². The molecule has 0 saturated carbocycles. The summed E-state index contributed by atoms with van der Waals surface area (Å²) in [6.07, 6.45) is 5.98. The molecule has 0 aliphatic carbocycles. The van der Waals surface area contributed by atoms with Crippen LogP contribution in [0.3, 0.4) is 0 Å². The van der Waals surface area contributed by atoms with Gasteiger partial charge in [0.2, 0.25) is 0 Å². The molecule has 4 nitrogen and oxygen atoms in total. The number of aryl methyl sites for hydroxylation is 1. The van der Waals surface area contributed by atoms with Crippen molar-refractivity contribution in [2.24, 2.45) is 5.92 Å². The van der Waals surface area contributed by atoms with Gasteiger partial charge < -0.3 is 10.4 Å². The molecule has 0 atom stereocenters. The Kier molecular flexibility index (Phi) is 3.90. The first kappa shape index (κ1) is 11.5. The van der Waals surface area contributed by atoms with Crippen molar-refractivity contribution in [2.45, 2.75) is 25.7 Å². The molecule has 0 aromatic carbocycles. The number of aromatic carboxylic acids is 1. The number of nitrogens with one attached hydrogen (secondary N) is 1. The third-order valence-corrected chi connectivity index (χ3v) is 4.03. The fraction of sp³-hybridized carbons (Fsp3) is 0.636. The van der Waals surface area contributed by atoms with E-state index in [0.717, 1.165) is 36.9 Å². The molecule has 0 unspecified atom stereocenters. The third kappa shape index (κ3) is 3.02. The van der Waals surface area contributed by atoms with E-state index in [9.17, 15) is 4.79 Å². The summed E-state index contributed by atoms with van der Waals surface area (Å²) in [5, 5.41) is 13.1. The maximum absolute atomic E-state index is 10.7. The molecular formula is C11H16N2O2S. The molecule has 0 amide bonds. The fourth-order valence-electron chi connectivity index (χ4n) is 2.02. The average Bonchev–Trinajstić information content (AvgIpc) is 2.76. The number of rotatable bonds is 4. The molecule has 88 valence electrons. The largest absolute Gasteiger partial charge is 0.477 e. The summed E-state index contributed by atoms with van der Waals surface area (Å²) < 4.78 is 0. The molecule has 1 fully saturated rings. The van der Waals surface area contributed by atoms with Crippen LogP contribution < -0.4 is 5.32 Å². The zero-order valence-corrected chi connectivity index (χ0v) is 9.92. The molecule has 1 aromatic rings. The van der Waals surface area contributed by atoms with Gasteiger partial charge in [-0.1, -0.05) is 0 Å². The zero-order valence-electron chi connectivity index (χ0n) is 9.11. The minimum Gasteiger partial charge on any atom is -0.477 e. The number of thiazole rings is 1. The van der Waals surface area contributed by atoms with E-state index in [2.05, 4.69) is 10.3 Å². The van der Waals surface area contributed by atoms with Crippen LogP contribution in [0.5, 0.6) is 0 Å². The van der Waals surface area contributed by atoms with Gasteiger partial charge in [0.05, 0.1) is 11.2 Å². The van der Waals surface area contributed by atoms with Crippen molar-refractivity contribution < 1.29 is 9.90 Å². The average molecular weight is 240 g/mol. The number of hydrogen-bond donors (Lipinski definition) is 2. The molecule has 1 aliphatic heterocycles. The smallest absolute Gasteiger partial charge is 0.347 e. The van der Waals surface area contributed by atoms with Crippen molar-refractivity contribution in [1.29, 1.82) is 0 Å². The topological polar surface area (TPSA) is 62.2 Å². The lowest BCUT2D eigenvalue weighted by molar-refractivity contribution is 0.0702. The second kappa shape index (κ2) is 5.41. The van der Waals surface area contributed by atoms with Crippen LogP contribution in [-0.4, -0.2) is 29.1 Å². The lowest BCUT2D eigenvalue weighted by Gasteiger charge is -2.21. The van der Waals surface area contributed by atoms with E-state index in [1.807, 2.05) is 0 Å². The third-order valence-electron chi connectivity index (χ3n) is 2.99. The van der Waals surface area contributed by atoms with Gasteiger partial charge in [-0.15, -0.1) is 11.3 Å². The van der Waals surface area contributed by atoms with Crippen molar-refractivity contribution >= 4 is 17.3 Å². The number of carbonyl (C=O) groups is 1. The molecule has 0 spiro atoms. The summed E-state index contributed by atoms with van der Waals surface area (Å²) in [7, 11) is 0. The predicted octanol–water partition coefficient (Wildman–Crippen LogP) is 1.77. The predicted molar refractivity (Wildman–Crippen MR) is 63.0 cm³/mol. The Bertz CT molecular complexity index is 359. The van der Waals surface area contributed by atoms with Crippen LogP contribution in [-0.2, 0) is 6.42 Å². The standard InChI is InChI=1S/C11H16N2O2S/c14-11(15)9-7-13-10(16-9)2-1-8-3-5-12-6-4-8/h7-8,12H,1-6H2,(H,14,15). The number of aromatic nitrogens is 1. The fourth-order valence-corrected chi connectivity index (χ4v) is 2.79. The number of carboxylic acids is 1. The quantitative estimate of drug-likeness (QED) is 0.842. The molecule has 1 saturated heterocycles. The van der Waals surface area contributed by atoms with E-state index >= 15 is 0 Å². The second-order valence-corrected chi connectivity index (χ2v) is 5.27. The summed E-state index contributed by atoms with van der Waals surface area (Å²) in [6, 6.07) is 0. The Hall–Kier alpha value is -0.940. The number of nitrogens with zero attached hydrogens (tertiary/aromatic N) is 1. The monoisotopic (exact) mass is 240 g/mol. The molecule has 5 heteroatoms.